The summed E-state index contributed by atoms with van der Waals surface area (Å²) in [4.78, 5) is -0.247. The van der Waals surface area contributed by atoms with Crippen molar-refractivity contribution in [2.75, 3.05) is 13.1 Å². The fourth-order valence-electron chi connectivity index (χ4n) is 1.71. The predicted octanol–water partition coefficient (Wildman–Crippen LogP) is 1.95. The smallest absolute Gasteiger partial charge is 0.207 e. The molecular weight excluding hydrogens is 310 g/mol. The first-order valence-corrected chi connectivity index (χ1v) is 9.45. The van der Waals surface area contributed by atoms with Crippen LogP contribution in [0.4, 0.5) is 0 Å². The SMILES string of the molecule is CCN(CC)S(=O)(=O)c1cc(S(=O)(=O)Cl)ccc1C. The van der Waals surface area contributed by atoms with Crippen LogP contribution in [0.25, 0.3) is 0 Å². The first-order chi connectivity index (χ1) is 8.64. The Bertz CT molecular complexity index is 664. The number of hydrogen-bond donors (Lipinski definition) is 0. The van der Waals surface area contributed by atoms with E-state index in [-0.39, 0.29) is 9.79 Å². The maximum absolute atomic E-state index is 12.4. The summed E-state index contributed by atoms with van der Waals surface area (Å²) in [6.07, 6.45) is 0. The monoisotopic (exact) mass is 325 g/mol. The van der Waals surface area contributed by atoms with E-state index in [4.69, 9.17) is 10.7 Å². The number of rotatable bonds is 5. The van der Waals surface area contributed by atoms with Gasteiger partial charge in [0.1, 0.15) is 0 Å². The zero-order valence-corrected chi connectivity index (χ0v) is 13.3. The summed E-state index contributed by atoms with van der Waals surface area (Å²) in [5, 5.41) is 0. The first-order valence-electron chi connectivity index (χ1n) is 5.70. The lowest BCUT2D eigenvalue weighted by molar-refractivity contribution is 0.444. The second-order valence-corrected chi connectivity index (χ2v) is 8.43. The van der Waals surface area contributed by atoms with Gasteiger partial charge in [-0.3, -0.25) is 0 Å². The third-order valence-corrected chi connectivity index (χ3v) is 6.31. The van der Waals surface area contributed by atoms with Gasteiger partial charge in [-0.05, 0) is 24.6 Å². The molecule has 5 nitrogen and oxygen atoms in total. The maximum Gasteiger partial charge on any atom is 0.261 e. The van der Waals surface area contributed by atoms with Gasteiger partial charge in [-0.2, -0.15) is 4.31 Å². The van der Waals surface area contributed by atoms with Gasteiger partial charge < -0.3 is 0 Å². The summed E-state index contributed by atoms with van der Waals surface area (Å²) in [5.74, 6) is 0. The fraction of sp³-hybridized carbons (Fsp3) is 0.455. The van der Waals surface area contributed by atoms with Crippen LogP contribution in [-0.2, 0) is 19.1 Å². The van der Waals surface area contributed by atoms with Crippen LogP contribution in [0, 0.1) is 6.92 Å². The summed E-state index contributed by atoms with van der Waals surface area (Å²) >= 11 is 0. The predicted molar refractivity (Wildman–Crippen MR) is 74.3 cm³/mol. The fourth-order valence-corrected chi connectivity index (χ4v) is 4.27. The van der Waals surface area contributed by atoms with Crippen LogP contribution in [0.2, 0.25) is 0 Å². The molecule has 0 saturated carbocycles. The Morgan fingerprint density at radius 2 is 1.63 bits per heavy atom. The molecule has 0 fully saturated rings. The molecule has 0 spiro atoms. The van der Waals surface area contributed by atoms with Crippen molar-refractivity contribution in [3.05, 3.63) is 23.8 Å². The van der Waals surface area contributed by atoms with E-state index in [1.54, 1.807) is 20.8 Å². The van der Waals surface area contributed by atoms with Crippen molar-refractivity contribution >= 4 is 29.8 Å². The second kappa shape index (κ2) is 5.78. The van der Waals surface area contributed by atoms with Crippen molar-refractivity contribution in [1.29, 1.82) is 0 Å². The molecule has 8 heteroatoms. The molecule has 0 radical (unpaired) electrons. The van der Waals surface area contributed by atoms with Crippen LogP contribution >= 0.6 is 10.7 Å². The van der Waals surface area contributed by atoms with Gasteiger partial charge in [-0.15, -0.1) is 0 Å². The number of aryl methyl sites for hydroxylation is 1. The van der Waals surface area contributed by atoms with E-state index in [0.29, 0.717) is 18.7 Å². The quantitative estimate of drug-likeness (QED) is 0.776. The molecule has 0 saturated heterocycles. The number of halogens is 1. The summed E-state index contributed by atoms with van der Waals surface area (Å²) in [5.41, 5.74) is 0.482. The van der Waals surface area contributed by atoms with Gasteiger partial charge >= 0.3 is 0 Å². The van der Waals surface area contributed by atoms with Gasteiger partial charge in [-0.1, -0.05) is 19.9 Å². The van der Waals surface area contributed by atoms with E-state index in [2.05, 4.69) is 0 Å². The van der Waals surface area contributed by atoms with Crippen LogP contribution in [0.15, 0.2) is 28.0 Å². The normalized spacial score (nSPS) is 12.9. The summed E-state index contributed by atoms with van der Waals surface area (Å²) in [6.45, 7) is 5.68. The molecule has 0 aliphatic rings. The standard InChI is InChI=1S/C11H16ClNO4S2/c1-4-13(5-2)19(16,17)11-8-10(18(12,14)15)7-6-9(11)3/h6-8H,4-5H2,1-3H3. The lowest BCUT2D eigenvalue weighted by Crippen LogP contribution is -2.31. The molecule has 1 rings (SSSR count). The largest absolute Gasteiger partial charge is 0.261 e. The van der Waals surface area contributed by atoms with Crippen molar-refractivity contribution in [2.45, 2.75) is 30.6 Å². The van der Waals surface area contributed by atoms with E-state index < -0.39 is 19.1 Å². The first kappa shape index (κ1) is 16.4. The van der Waals surface area contributed by atoms with Gasteiger partial charge in [0, 0.05) is 23.8 Å². The van der Waals surface area contributed by atoms with Crippen molar-refractivity contribution in [3.63, 3.8) is 0 Å². The molecule has 0 atom stereocenters. The van der Waals surface area contributed by atoms with Crippen molar-refractivity contribution in [3.8, 4) is 0 Å². The molecular formula is C11H16ClNO4S2. The van der Waals surface area contributed by atoms with Gasteiger partial charge in [-0.25, -0.2) is 16.8 Å². The Morgan fingerprint density at radius 1 is 1.11 bits per heavy atom. The van der Waals surface area contributed by atoms with Gasteiger partial charge in [0.25, 0.3) is 9.05 Å². The van der Waals surface area contributed by atoms with E-state index in [9.17, 15) is 16.8 Å². The topological polar surface area (TPSA) is 71.5 Å². The lowest BCUT2D eigenvalue weighted by Gasteiger charge is -2.20. The molecule has 1 aromatic carbocycles. The summed E-state index contributed by atoms with van der Waals surface area (Å²) in [7, 11) is -2.41. The highest BCUT2D eigenvalue weighted by molar-refractivity contribution is 8.13. The minimum atomic E-state index is -3.95. The molecule has 19 heavy (non-hydrogen) atoms. The Hall–Kier alpha value is -0.630. The molecule has 0 aliphatic heterocycles. The van der Waals surface area contributed by atoms with E-state index in [1.807, 2.05) is 0 Å². The molecule has 0 amide bonds. The maximum atomic E-state index is 12.4. The van der Waals surface area contributed by atoms with Crippen LogP contribution in [0.3, 0.4) is 0 Å². The second-order valence-electron chi connectivity index (χ2n) is 3.95. The van der Waals surface area contributed by atoms with Gasteiger partial charge in [0.2, 0.25) is 10.0 Å². The average molecular weight is 326 g/mol. The zero-order chi connectivity index (χ0) is 14.8. The molecule has 0 unspecified atom stereocenters. The van der Waals surface area contributed by atoms with Crippen LogP contribution in [0.1, 0.15) is 19.4 Å². The lowest BCUT2D eigenvalue weighted by atomic mass is 10.2. The van der Waals surface area contributed by atoms with Crippen molar-refractivity contribution in [2.24, 2.45) is 0 Å². The minimum absolute atomic E-state index is 0.0297. The highest BCUT2D eigenvalue weighted by Gasteiger charge is 2.25. The van der Waals surface area contributed by atoms with Gasteiger partial charge in [0.15, 0.2) is 0 Å². The zero-order valence-electron chi connectivity index (χ0n) is 10.9. The molecule has 0 aromatic heterocycles. The third kappa shape index (κ3) is 3.47. The molecule has 0 N–H and O–H groups in total. The minimum Gasteiger partial charge on any atom is -0.207 e. The number of benzene rings is 1. The molecule has 1 aromatic rings. The van der Waals surface area contributed by atoms with Crippen molar-refractivity contribution < 1.29 is 16.8 Å². The highest BCUT2D eigenvalue weighted by Crippen LogP contribution is 2.25. The Balaban J connectivity index is 3.51. The van der Waals surface area contributed by atoms with E-state index in [0.717, 1.165) is 6.07 Å². The average Bonchev–Trinajstić information content (AvgIpc) is 2.28. The van der Waals surface area contributed by atoms with Crippen LogP contribution < -0.4 is 0 Å². The van der Waals surface area contributed by atoms with Gasteiger partial charge in [0.05, 0.1) is 9.79 Å². The summed E-state index contributed by atoms with van der Waals surface area (Å²) in [6, 6.07) is 3.83. The Kier molecular flexibility index (Phi) is 5.00. The summed E-state index contributed by atoms with van der Waals surface area (Å²) < 4.78 is 48.6. The van der Waals surface area contributed by atoms with Crippen LogP contribution in [0.5, 0.6) is 0 Å². The third-order valence-electron chi connectivity index (χ3n) is 2.76. The number of nitrogens with zero attached hydrogens (tertiary/aromatic N) is 1. The number of hydrogen-bond acceptors (Lipinski definition) is 4. The highest BCUT2D eigenvalue weighted by atomic mass is 35.7. The molecule has 0 heterocycles. The molecule has 108 valence electrons. The molecule has 0 bridgehead atoms. The Morgan fingerprint density at radius 3 is 2.05 bits per heavy atom. The van der Waals surface area contributed by atoms with Crippen molar-refractivity contribution in [1.82, 2.24) is 4.31 Å². The Labute approximate surface area is 118 Å². The number of sulfonamides is 1. The molecule has 0 aliphatic carbocycles. The van der Waals surface area contributed by atoms with E-state index >= 15 is 0 Å². The van der Waals surface area contributed by atoms with E-state index in [1.165, 1.54) is 16.4 Å². The van der Waals surface area contributed by atoms with Crippen LogP contribution in [-0.4, -0.2) is 34.2 Å².